The zero-order chi connectivity index (χ0) is 10.9. The van der Waals surface area contributed by atoms with Crippen LogP contribution in [0.2, 0.25) is 0 Å². The summed E-state index contributed by atoms with van der Waals surface area (Å²) in [4.78, 5) is 23.2. The molecule has 0 radical (unpaired) electrons. The highest BCUT2D eigenvalue weighted by atomic mass is 35.5. The molecule has 2 N–H and O–H groups in total. The minimum atomic E-state index is -3.11. The first-order valence-corrected chi connectivity index (χ1v) is 3.75. The Kier molecular flexibility index (Phi) is 2.85. The Balaban J connectivity index is 3.40. The van der Waals surface area contributed by atoms with Crippen LogP contribution in [-0.4, -0.2) is 15.3 Å². The zero-order valence-electron chi connectivity index (χ0n) is 6.55. The average molecular weight is 224 g/mol. The van der Waals surface area contributed by atoms with Gasteiger partial charge in [0.1, 0.15) is 17.0 Å². The topological polar surface area (TPSA) is 70.2 Å². The van der Waals surface area contributed by atoms with Crippen LogP contribution >= 0.6 is 11.6 Å². The van der Waals surface area contributed by atoms with E-state index in [0.29, 0.717) is 6.07 Å². The van der Waals surface area contributed by atoms with E-state index in [-0.39, 0.29) is 0 Å². The number of carbonyl (C=O) groups excluding carboxylic acids is 1. The Morgan fingerprint density at radius 1 is 1.57 bits per heavy atom. The van der Waals surface area contributed by atoms with Crippen LogP contribution in [0.5, 0.6) is 5.75 Å². The van der Waals surface area contributed by atoms with Crippen LogP contribution in [0.25, 0.3) is 0 Å². The van der Waals surface area contributed by atoms with Gasteiger partial charge in [0.2, 0.25) is 0 Å². The van der Waals surface area contributed by atoms with Gasteiger partial charge in [-0.2, -0.15) is 0 Å². The van der Waals surface area contributed by atoms with Gasteiger partial charge in [0.05, 0.1) is 0 Å². The molecule has 76 valence electrons. The predicted octanol–water partition coefficient (Wildman–Crippen LogP) is 1.40. The molecule has 0 aliphatic heterocycles. The van der Waals surface area contributed by atoms with Crippen molar-refractivity contribution in [2.24, 2.45) is 0 Å². The van der Waals surface area contributed by atoms with E-state index in [0.717, 1.165) is 0 Å². The fourth-order valence-electron chi connectivity index (χ4n) is 0.873. The van der Waals surface area contributed by atoms with Crippen LogP contribution in [0.15, 0.2) is 10.9 Å². The SMILES string of the molecule is O=C(Cl)c1cc(O)c(C(F)F)c(=O)[nH]1. The summed E-state index contributed by atoms with van der Waals surface area (Å²) in [5, 5.41) is 7.94. The highest BCUT2D eigenvalue weighted by Gasteiger charge is 2.19. The van der Waals surface area contributed by atoms with Gasteiger partial charge in [-0.25, -0.2) is 8.78 Å². The third-order valence-corrected chi connectivity index (χ3v) is 1.68. The maximum absolute atomic E-state index is 12.1. The Hall–Kier alpha value is -1.43. The second kappa shape index (κ2) is 3.75. The lowest BCUT2D eigenvalue weighted by Crippen LogP contribution is -2.16. The molecule has 0 aromatic carbocycles. The average Bonchev–Trinajstić information content (AvgIpc) is 2.01. The van der Waals surface area contributed by atoms with Gasteiger partial charge in [-0.05, 0) is 11.6 Å². The van der Waals surface area contributed by atoms with Crippen molar-refractivity contribution in [3.05, 3.63) is 27.7 Å². The van der Waals surface area contributed by atoms with E-state index >= 15 is 0 Å². The lowest BCUT2D eigenvalue weighted by atomic mass is 10.2. The lowest BCUT2D eigenvalue weighted by molar-refractivity contribution is 0.107. The van der Waals surface area contributed by atoms with Gasteiger partial charge >= 0.3 is 0 Å². The molecule has 0 aliphatic carbocycles. The van der Waals surface area contributed by atoms with Crippen molar-refractivity contribution in [1.29, 1.82) is 0 Å². The molecule has 0 atom stereocenters. The quantitative estimate of drug-likeness (QED) is 0.745. The van der Waals surface area contributed by atoms with Crippen molar-refractivity contribution < 1.29 is 18.7 Å². The number of hydrogen-bond acceptors (Lipinski definition) is 3. The van der Waals surface area contributed by atoms with Gasteiger partial charge in [-0.1, -0.05) is 0 Å². The first-order chi connectivity index (χ1) is 6.43. The summed E-state index contributed by atoms with van der Waals surface area (Å²) in [7, 11) is 0. The van der Waals surface area contributed by atoms with Crippen molar-refractivity contribution in [1.82, 2.24) is 4.98 Å². The molecule has 0 unspecified atom stereocenters. The number of halogens is 3. The van der Waals surface area contributed by atoms with E-state index < -0.39 is 34.2 Å². The number of pyridine rings is 1. The van der Waals surface area contributed by atoms with E-state index in [1.807, 2.05) is 4.98 Å². The molecule has 4 nitrogen and oxygen atoms in total. The lowest BCUT2D eigenvalue weighted by Gasteiger charge is -2.02. The van der Waals surface area contributed by atoms with Crippen LogP contribution in [0.3, 0.4) is 0 Å². The van der Waals surface area contributed by atoms with Crippen molar-refractivity contribution in [2.45, 2.75) is 6.43 Å². The fourth-order valence-corrected chi connectivity index (χ4v) is 0.975. The maximum atomic E-state index is 12.1. The normalized spacial score (nSPS) is 10.6. The molecule has 0 spiro atoms. The molecular weight excluding hydrogens is 220 g/mol. The number of aromatic amines is 1. The number of nitrogens with one attached hydrogen (secondary N) is 1. The number of carbonyl (C=O) groups is 1. The third-order valence-electron chi connectivity index (χ3n) is 1.48. The van der Waals surface area contributed by atoms with Gasteiger partial charge in [0, 0.05) is 6.07 Å². The summed E-state index contributed by atoms with van der Waals surface area (Å²) in [6.07, 6.45) is -3.11. The van der Waals surface area contributed by atoms with Crippen LogP contribution in [0.1, 0.15) is 22.5 Å². The van der Waals surface area contributed by atoms with Gasteiger partial charge < -0.3 is 10.1 Å². The molecule has 0 saturated heterocycles. The van der Waals surface area contributed by atoms with Crippen molar-refractivity contribution in [2.75, 3.05) is 0 Å². The summed E-state index contributed by atoms with van der Waals surface area (Å²) < 4.78 is 24.2. The standard InChI is InChI=1S/C7H4ClF2NO3/c8-5(13)2-1-3(12)4(6(9)10)7(14)11-2/h1,6H,(H2,11,12,14). The highest BCUT2D eigenvalue weighted by Crippen LogP contribution is 2.24. The number of aromatic hydroxyl groups is 1. The Morgan fingerprint density at radius 3 is 2.50 bits per heavy atom. The Labute approximate surface area is 81.1 Å². The van der Waals surface area contributed by atoms with E-state index in [4.69, 9.17) is 16.7 Å². The predicted molar refractivity (Wildman–Crippen MR) is 43.9 cm³/mol. The summed E-state index contributed by atoms with van der Waals surface area (Å²) in [6, 6.07) is 0.679. The van der Waals surface area contributed by atoms with E-state index in [1.165, 1.54) is 0 Å². The van der Waals surface area contributed by atoms with Gasteiger partial charge in [0.15, 0.2) is 0 Å². The van der Waals surface area contributed by atoms with E-state index in [2.05, 4.69) is 0 Å². The molecule has 7 heteroatoms. The molecule has 14 heavy (non-hydrogen) atoms. The summed E-state index contributed by atoms with van der Waals surface area (Å²) in [5.74, 6) is -0.951. The Morgan fingerprint density at radius 2 is 2.14 bits per heavy atom. The highest BCUT2D eigenvalue weighted by molar-refractivity contribution is 6.67. The van der Waals surface area contributed by atoms with Crippen LogP contribution in [-0.2, 0) is 0 Å². The summed E-state index contributed by atoms with van der Waals surface area (Å²) in [6.45, 7) is 0. The molecule has 1 aromatic heterocycles. The maximum Gasteiger partial charge on any atom is 0.272 e. The molecule has 0 aliphatic rings. The van der Waals surface area contributed by atoms with Crippen LogP contribution in [0, 0.1) is 0 Å². The fraction of sp³-hybridized carbons (Fsp3) is 0.143. The molecule has 1 rings (SSSR count). The van der Waals surface area contributed by atoms with E-state index in [1.54, 1.807) is 0 Å². The first kappa shape index (κ1) is 10.6. The van der Waals surface area contributed by atoms with Gasteiger partial charge in [-0.3, -0.25) is 9.59 Å². The van der Waals surface area contributed by atoms with Gasteiger partial charge in [0.25, 0.3) is 17.2 Å². The number of hydrogen-bond donors (Lipinski definition) is 2. The largest absolute Gasteiger partial charge is 0.507 e. The molecule has 0 bridgehead atoms. The van der Waals surface area contributed by atoms with Crippen molar-refractivity contribution in [3.63, 3.8) is 0 Å². The number of rotatable bonds is 2. The Bertz CT molecular complexity index is 429. The number of H-pyrrole nitrogens is 1. The van der Waals surface area contributed by atoms with Crippen LogP contribution < -0.4 is 5.56 Å². The van der Waals surface area contributed by atoms with Crippen molar-refractivity contribution in [3.8, 4) is 5.75 Å². The third kappa shape index (κ3) is 1.90. The minimum Gasteiger partial charge on any atom is -0.507 e. The van der Waals surface area contributed by atoms with Crippen LogP contribution in [0.4, 0.5) is 8.78 Å². The molecule has 1 aromatic rings. The monoisotopic (exact) mass is 223 g/mol. The van der Waals surface area contributed by atoms with Gasteiger partial charge in [-0.15, -0.1) is 0 Å². The van der Waals surface area contributed by atoms with Crippen molar-refractivity contribution >= 4 is 16.8 Å². The number of aromatic nitrogens is 1. The summed E-state index contributed by atoms with van der Waals surface area (Å²) in [5.41, 5.74) is -2.74. The molecule has 0 saturated carbocycles. The second-order valence-electron chi connectivity index (χ2n) is 2.39. The minimum absolute atomic E-state index is 0.432. The molecule has 1 heterocycles. The molecule has 0 amide bonds. The summed E-state index contributed by atoms with van der Waals surface area (Å²) >= 11 is 4.97. The molecular formula is C7H4ClF2NO3. The van der Waals surface area contributed by atoms with E-state index in [9.17, 15) is 18.4 Å². The smallest absolute Gasteiger partial charge is 0.272 e. The molecule has 0 fully saturated rings. The zero-order valence-corrected chi connectivity index (χ0v) is 7.31. The first-order valence-electron chi connectivity index (χ1n) is 3.37. The second-order valence-corrected chi connectivity index (χ2v) is 2.73. The number of alkyl halides is 2.